The fraction of sp³-hybridized carbons (Fsp3) is 0.520. The SMILES string of the molecule is CCOc1nc(N)nc2c1ncn2[C@@H]1O[C@@]2(COP(=O)(N[C@@H](C)C(=O)OC(C)C)Oc3ccccc3)CO[C@@H]1[C@@H]2O. The number of carbonyl (C=O) groups excluding carboxylic acids is 1. The summed E-state index contributed by atoms with van der Waals surface area (Å²) in [7, 11) is -4.22. The van der Waals surface area contributed by atoms with Crippen molar-refractivity contribution < 1.29 is 42.5 Å². The van der Waals surface area contributed by atoms with E-state index in [4.69, 9.17) is 33.7 Å². The summed E-state index contributed by atoms with van der Waals surface area (Å²) in [5.41, 5.74) is 5.15. The van der Waals surface area contributed by atoms with Gasteiger partial charge in [-0.05, 0) is 39.8 Å². The second-order valence-electron chi connectivity index (χ2n) is 9.95. The molecule has 2 fully saturated rings. The molecule has 0 radical (unpaired) electrons. The average Bonchev–Trinajstić information content (AvgIpc) is 3.57. The fourth-order valence-electron chi connectivity index (χ4n) is 4.60. The van der Waals surface area contributed by atoms with Gasteiger partial charge >= 0.3 is 13.7 Å². The monoisotopic (exact) mass is 592 g/mol. The Morgan fingerprint density at radius 1 is 1.29 bits per heavy atom. The maximum atomic E-state index is 13.9. The first-order valence-electron chi connectivity index (χ1n) is 13.1. The fourth-order valence-corrected chi connectivity index (χ4v) is 6.15. The first-order chi connectivity index (χ1) is 19.5. The number of aromatic nitrogens is 4. The van der Waals surface area contributed by atoms with Gasteiger partial charge in [-0.3, -0.25) is 13.9 Å². The van der Waals surface area contributed by atoms with Gasteiger partial charge in [0.1, 0.15) is 29.6 Å². The molecule has 16 heteroatoms. The zero-order valence-electron chi connectivity index (χ0n) is 23.0. The minimum atomic E-state index is -4.22. The number of esters is 1. The van der Waals surface area contributed by atoms with Gasteiger partial charge < -0.3 is 34.3 Å². The number of ether oxygens (including phenoxy) is 4. The second kappa shape index (κ2) is 11.5. The molecule has 2 saturated heterocycles. The Bertz CT molecular complexity index is 1440. The number of imidazole rings is 1. The molecule has 0 spiro atoms. The smallest absolute Gasteiger partial charge is 0.459 e. The number of aliphatic hydroxyl groups excluding tert-OH is 1. The van der Waals surface area contributed by atoms with Crippen LogP contribution in [-0.4, -0.2) is 80.4 Å². The summed E-state index contributed by atoms with van der Waals surface area (Å²) in [5, 5.41) is 13.8. The minimum absolute atomic E-state index is 0.0273. The van der Waals surface area contributed by atoms with E-state index in [-0.39, 0.29) is 30.3 Å². The molecular formula is C25H33N6O9P. The van der Waals surface area contributed by atoms with E-state index in [2.05, 4.69) is 20.0 Å². The number of anilines is 1. The molecule has 2 aromatic heterocycles. The Morgan fingerprint density at radius 3 is 2.76 bits per heavy atom. The highest BCUT2D eigenvalue weighted by molar-refractivity contribution is 7.52. The van der Waals surface area contributed by atoms with Gasteiger partial charge in [0.2, 0.25) is 11.8 Å². The topological polar surface area (TPSA) is 191 Å². The van der Waals surface area contributed by atoms with Crippen LogP contribution in [0.25, 0.3) is 11.2 Å². The maximum absolute atomic E-state index is 13.9. The van der Waals surface area contributed by atoms with E-state index in [0.717, 1.165) is 0 Å². The van der Waals surface area contributed by atoms with E-state index < -0.39 is 50.4 Å². The minimum Gasteiger partial charge on any atom is -0.476 e. The molecule has 4 N–H and O–H groups in total. The molecule has 3 aromatic rings. The lowest BCUT2D eigenvalue weighted by Gasteiger charge is -2.32. The third-order valence-corrected chi connectivity index (χ3v) is 8.10. The first-order valence-corrected chi connectivity index (χ1v) is 14.7. The summed E-state index contributed by atoms with van der Waals surface area (Å²) < 4.78 is 49.9. The molecule has 0 amide bonds. The van der Waals surface area contributed by atoms with Gasteiger partial charge in [-0.1, -0.05) is 18.2 Å². The van der Waals surface area contributed by atoms with Crippen LogP contribution in [0, 0.1) is 0 Å². The zero-order valence-corrected chi connectivity index (χ0v) is 23.9. The number of fused-ring (bicyclic) bond motifs is 3. The van der Waals surface area contributed by atoms with Crippen LogP contribution < -0.4 is 20.1 Å². The lowest BCUT2D eigenvalue weighted by molar-refractivity contribution is -0.183. The highest BCUT2D eigenvalue weighted by atomic mass is 31.2. The van der Waals surface area contributed by atoms with Gasteiger partial charge in [-0.2, -0.15) is 15.1 Å². The average molecular weight is 593 g/mol. The van der Waals surface area contributed by atoms with Crippen molar-refractivity contribution in [2.24, 2.45) is 0 Å². The quantitative estimate of drug-likeness (QED) is 0.204. The van der Waals surface area contributed by atoms with Gasteiger partial charge in [0, 0.05) is 0 Å². The molecule has 0 aliphatic carbocycles. The van der Waals surface area contributed by atoms with Crippen LogP contribution in [0.15, 0.2) is 36.7 Å². The van der Waals surface area contributed by atoms with Gasteiger partial charge in [-0.25, -0.2) is 9.55 Å². The lowest BCUT2D eigenvalue weighted by atomic mass is 10.0. The van der Waals surface area contributed by atoms with E-state index in [0.29, 0.717) is 17.8 Å². The normalized spacial score (nSPS) is 25.8. The standard InChI is InChI=1S/C25H33N6O9P/c1-5-35-21-17-20(28-24(26)29-21)31(13-27-17)22-18-19(32)25(39-22,11-36-18)12-37-41(34,40-16-9-7-6-8-10-16)30-15(4)23(33)38-14(2)3/h6-10,13-15,18-19,22,32H,5,11-12H2,1-4H3,(H,30,34)(H2,26,28,29)/t15-,18+,19-,22+,25+,41?/m0/s1. The van der Waals surface area contributed by atoms with E-state index in [1.165, 1.54) is 13.3 Å². The number of benzene rings is 1. The number of hydrogen-bond acceptors (Lipinski definition) is 13. The van der Waals surface area contributed by atoms with Crippen LogP contribution in [-0.2, 0) is 28.1 Å². The summed E-state index contributed by atoms with van der Waals surface area (Å²) in [4.78, 5) is 25.2. The maximum Gasteiger partial charge on any atom is 0.459 e. The van der Waals surface area contributed by atoms with Crippen LogP contribution in [0.5, 0.6) is 11.6 Å². The number of nitrogens with two attached hydrogens (primary N) is 1. The van der Waals surface area contributed by atoms with Crippen molar-refractivity contribution in [2.75, 3.05) is 25.6 Å². The third kappa shape index (κ3) is 5.87. The van der Waals surface area contributed by atoms with Gasteiger partial charge in [0.25, 0.3) is 0 Å². The van der Waals surface area contributed by atoms with E-state index >= 15 is 0 Å². The summed E-state index contributed by atoms with van der Waals surface area (Å²) in [6.07, 6.45) is -1.80. The van der Waals surface area contributed by atoms with Crippen molar-refractivity contribution in [3.05, 3.63) is 36.7 Å². The molecule has 2 bridgehead atoms. The molecule has 15 nitrogen and oxygen atoms in total. The van der Waals surface area contributed by atoms with Crippen LogP contribution in [0.1, 0.15) is 33.9 Å². The molecule has 4 heterocycles. The summed E-state index contributed by atoms with van der Waals surface area (Å²) in [6, 6.07) is 7.30. The van der Waals surface area contributed by atoms with Crippen LogP contribution in [0.4, 0.5) is 5.95 Å². The van der Waals surface area contributed by atoms with Crippen molar-refractivity contribution >= 4 is 30.8 Å². The number of hydrogen-bond donors (Lipinski definition) is 3. The van der Waals surface area contributed by atoms with E-state index in [1.807, 2.05) is 0 Å². The number of nitrogen functional groups attached to an aromatic ring is 1. The van der Waals surface area contributed by atoms with Crippen molar-refractivity contribution in [2.45, 2.75) is 63.9 Å². The Morgan fingerprint density at radius 2 is 2.05 bits per heavy atom. The number of nitrogens with zero attached hydrogens (tertiary/aromatic N) is 4. The zero-order chi connectivity index (χ0) is 29.4. The molecule has 41 heavy (non-hydrogen) atoms. The number of rotatable bonds is 12. The van der Waals surface area contributed by atoms with E-state index in [1.54, 1.807) is 55.7 Å². The molecular weight excluding hydrogens is 559 g/mol. The molecule has 6 atom stereocenters. The molecule has 0 saturated carbocycles. The molecule has 2 aliphatic heterocycles. The molecule has 1 unspecified atom stereocenters. The molecule has 2 aliphatic rings. The van der Waals surface area contributed by atoms with Gasteiger partial charge in [0.15, 0.2) is 17.4 Å². The van der Waals surface area contributed by atoms with Crippen LogP contribution in [0.2, 0.25) is 0 Å². The Hall–Kier alpha value is -3.33. The first kappa shape index (κ1) is 29.2. The Kier molecular flexibility index (Phi) is 8.19. The van der Waals surface area contributed by atoms with Crippen LogP contribution >= 0.6 is 7.75 Å². The second-order valence-corrected chi connectivity index (χ2v) is 11.6. The third-order valence-electron chi connectivity index (χ3n) is 6.47. The molecule has 1 aromatic carbocycles. The van der Waals surface area contributed by atoms with Gasteiger partial charge in [-0.15, -0.1) is 0 Å². The number of para-hydroxylation sites is 1. The molecule has 222 valence electrons. The number of nitrogens with one attached hydrogen (secondary N) is 1. The van der Waals surface area contributed by atoms with Crippen molar-refractivity contribution in [1.29, 1.82) is 0 Å². The Labute approximate surface area is 235 Å². The predicted octanol–water partition coefficient (Wildman–Crippen LogP) is 1.97. The summed E-state index contributed by atoms with van der Waals surface area (Å²) in [6.45, 7) is 6.57. The highest BCUT2D eigenvalue weighted by Gasteiger charge is 2.63. The largest absolute Gasteiger partial charge is 0.476 e. The Balaban J connectivity index is 1.38. The summed E-state index contributed by atoms with van der Waals surface area (Å²) in [5.74, 6) is -0.212. The number of carbonyl (C=O) groups is 1. The van der Waals surface area contributed by atoms with Crippen molar-refractivity contribution in [1.82, 2.24) is 24.6 Å². The van der Waals surface area contributed by atoms with Crippen molar-refractivity contribution in [3.63, 3.8) is 0 Å². The van der Waals surface area contributed by atoms with E-state index in [9.17, 15) is 14.5 Å². The number of aliphatic hydroxyl groups is 1. The van der Waals surface area contributed by atoms with Gasteiger partial charge in [0.05, 0.1) is 32.3 Å². The summed E-state index contributed by atoms with van der Waals surface area (Å²) >= 11 is 0. The molecule has 5 rings (SSSR count). The van der Waals surface area contributed by atoms with Crippen molar-refractivity contribution in [3.8, 4) is 11.6 Å². The highest BCUT2D eigenvalue weighted by Crippen LogP contribution is 2.51. The predicted molar refractivity (Wildman–Crippen MR) is 144 cm³/mol. The van der Waals surface area contributed by atoms with Crippen LogP contribution in [0.3, 0.4) is 0 Å². The lowest BCUT2D eigenvalue weighted by Crippen LogP contribution is -2.46.